The number of nitrogens with zero attached hydrogens (tertiary/aromatic N) is 6. The lowest BCUT2D eigenvalue weighted by Crippen LogP contribution is -2.32. The number of amides is 1. The number of anilines is 2. The van der Waals surface area contributed by atoms with Gasteiger partial charge in [0.2, 0.25) is 0 Å². The van der Waals surface area contributed by atoms with Crippen molar-refractivity contribution in [3.05, 3.63) is 63.7 Å². The molecule has 8 nitrogen and oxygen atoms in total. The van der Waals surface area contributed by atoms with Crippen LogP contribution < -0.4 is 9.80 Å². The summed E-state index contributed by atoms with van der Waals surface area (Å²) in [7, 11) is 1.35. The summed E-state index contributed by atoms with van der Waals surface area (Å²) in [6.45, 7) is 0.294. The van der Waals surface area contributed by atoms with Crippen molar-refractivity contribution < 1.29 is 49.4 Å². The second kappa shape index (κ2) is 10.4. The number of carbonyl (C=O) groups is 1. The fourth-order valence-electron chi connectivity index (χ4n) is 4.78. The van der Waals surface area contributed by atoms with E-state index >= 15 is 0 Å². The van der Waals surface area contributed by atoms with E-state index < -0.39 is 59.5 Å². The zero-order valence-corrected chi connectivity index (χ0v) is 21.2. The second-order valence-electron chi connectivity index (χ2n) is 9.44. The molecule has 0 aliphatic carbocycles. The highest BCUT2D eigenvalue weighted by atomic mass is 19.4. The molecular weight excluding hydrogens is 575 g/mol. The number of tetrazole rings is 1. The first-order valence-electron chi connectivity index (χ1n) is 11.9. The Morgan fingerprint density at radius 3 is 2.07 bits per heavy atom. The fourth-order valence-corrected chi connectivity index (χ4v) is 4.78. The summed E-state index contributed by atoms with van der Waals surface area (Å²) in [4.78, 5) is 14.9. The number of alkyl halides is 9. The van der Waals surface area contributed by atoms with Gasteiger partial charge >= 0.3 is 24.6 Å². The lowest BCUT2D eigenvalue weighted by Gasteiger charge is -2.32. The van der Waals surface area contributed by atoms with Gasteiger partial charge in [0.15, 0.2) is 0 Å². The van der Waals surface area contributed by atoms with Crippen molar-refractivity contribution in [2.75, 3.05) is 16.3 Å². The number of rotatable bonds is 4. The van der Waals surface area contributed by atoms with Crippen LogP contribution in [0.5, 0.6) is 0 Å². The minimum Gasteiger partial charge on any atom is -0.465 e. The van der Waals surface area contributed by atoms with E-state index in [2.05, 4.69) is 15.4 Å². The van der Waals surface area contributed by atoms with Gasteiger partial charge in [-0.15, -0.1) is 5.10 Å². The van der Waals surface area contributed by atoms with E-state index in [1.165, 1.54) is 11.9 Å². The second-order valence-corrected chi connectivity index (χ2v) is 9.44. The van der Waals surface area contributed by atoms with Crippen LogP contribution in [0, 0.1) is 6.92 Å². The Labute approximate surface area is 226 Å². The van der Waals surface area contributed by atoms with Gasteiger partial charge in [-0.05, 0) is 65.9 Å². The first kappa shape index (κ1) is 29.9. The molecule has 222 valence electrons. The maximum absolute atomic E-state index is 13.7. The van der Waals surface area contributed by atoms with Crippen LogP contribution >= 0.6 is 0 Å². The molecule has 0 unspecified atom stereocenters. The topological polar surface area (TPSA) is 87.4 Å². The van der Waals surface area contributed by atoms with Crippen molar-refractivity contribution in [1.82, 2.24) is 20.2 Å². The Kier molecular flexibility index (Phi) is 7.60. The van der Waals surface area contributed by atoms with Crippen LogP contribution in [0.4, 0.5) is 55.9 Å². The molecule has 1 amide bonds. The molecule has 4 rings (SSSR count). The molecule has 0 fully saturated rings. The molecule has 0 spiro atoms. The van der Waals surface area contributed by atoms with E-state index in [9.17, 15) is 49.4 Å². The van der Waals surface area contributed by atoms with Gasteiger partial charge in [0.25, 0.3) is 5.95 Å². The van der Waals surface area contributed by atoms with Crippen LogP contribution in [0.2, 0.25) is 0 Å². The first-order chi connectivity index (χ1) is 18.9. The van der Waals surface area contributed by atoms with Crippen molar-refractivity contribution >= 4 is 17.7 Å². The van der Waals surface area contributed by atoms with Gasteiger partial charge in [0.1, 0.15) is 0 Å². The number of aryl methyl sites for hydroxylation is 2. The smallest absolute Gasteiger partial charge is 0.416 e. The maximum atomic E-state index is 13.7. The molecule has 0 bridgehead atoms. The van der Waals surface area contributed by atoms with E-state index in [-0.39, 0.29) is 48.2 Å². The first-order valence-corrected chi connectivity index (χ1v) is 11.9. The highest BCUT2D eigenvalue weighted by Gasteiger charge is 2.40. The number of halogens is 9. The zero-order valence-electron chi connectivity index (χ0n) is 21.2. The van der Waals surface area contributed by atoms with E-state index in [0.717, 1.165) is 22.7 Å². The quantitative estimate of drug-likeness (QED) is 0.342. The summed E-state index contributed by atoms with van der Waals surface area (Å²) in [5.74, 6) is -0.240. The Bertz CT molecular complexity index is 1420. The van der Waals surface area contributed by atoms with Crippen LogP contribution in [0.1, 0.15) is 52.3 Å². The summed E-state index contributed by atoms with van der Waals surface area (Å²) in [5, 5.41) is 21.3. The third-order valence-electron chi connectivity index (χ3n) is 6.55. The van der Waals surface area contributed by atoms with Crippen molar-refractivity contribution in [1.29, 1.82) is 0 Å². The highest BCUT2D eigenvalue weighted by molar-refractivity contribution is 5.88. The molecule has 41 heavy (non-hydrogen) atoms. The normalized spacial score (nSPS) is 16.4. The summed E-state index contributed by atoms with van der Waals surface area (Å²) in [6.07, 6.45) is -16.5. The summed E-state index contributed by atoms with van der Waals surface area (Å²) >= 11 is 0. The van der Waals surface area contributed by atoms with Gasteiger partial charge < -0.3 is 10.0 Å². The van der Waals surface area contributed by atoms with Crippen molar-refractivity contribution in [2.45, 2.75) is 50.9 Å². The largest absolute Gasteiger partial charge is 0.465 e. The number of carboxylic acid groups (broad SMARTS) is 1. The number of fused-ring (bicyclic) bond motifs is 1. The molecule has 1 N–H and O–H groups in total. The number of benzene rings is 2. The fraction of sp³-hybridized carbons (Fsp3) is 0.417. The number of hydrogen-bond donors (Lipinski definition) is 1. The van der Waals surface area contributed by atoms with Crippen LogP contribution in [-0.4, -0.2) is 38.0 Å². The molecule has 0 saturated carbocycles. The Morgan fingerprint density at radius 1 is 0.976 bits per heavy atom. The zero-order chi connectivity index (χ0) is 30.5. The van der Waals surface area contributed by atoms with E-state index in [0.29, 0.717) is 18.2 Å². The van der Waals surface area contributed by atoms with Crippen molar-refractivity contribution in [3.63, 3.8) is 0 Å². The van der Waals surface area contributed by atoms with Crippen molar-refractivity contribution in [2.24, 2.45) is 7.05 Å². The molecule has 17 heteroatoms. The molecule has 1 aromatic heterocycles. The molecule has 1 aliphatic heterocycles. The molecule has 1 aliphatic rings. The van der Waals surface area contributed by atoms with Gasteiger partial charge in [0.05, 0.1) is 35.5 Å². The van der Waals surface area contributed by atoms with Crippen molar-refractivity contribution in [3.8, 4) is 0 Å². The minimum atomic E-state index is -5.12. The standard InChI is InChI=1S/C24H21F9N6O2/c1-12-6-16-18(4-3-5-38(21(40)41)19(16)10-17(12)24(31,32)33)39(20-34-36-37(2)35-20)11-13-7-14(22(25,26)27)9-15(8-13)23(28,29)30/h6-10,18H,3-5,11H2,1-2H3,(H,40,41)/t18-/m0/s1. The summed E-state index contributed by atoms with van der Waals surface area (Å²) in [6, 6.07) is 1.76. The van der Waals surface area contributed by atoms with Gasteiger partial charge in [-0.2, -0.15) is 44.3 Å². The Balaban J connectivity index is 1.92. The monoisotopic (exact) mass is 596 g/mol. The lowest BCUT2D eigenvalue weighted by atomic mass is 9.94. The third-order valence-corrected chi connectivity index (χ3v) is 6.55. The average molecular weight is 596 g/mol. The van der Waals surface area contributed by atoms with Crippen LogP contribution in [0.25, 0.3) is 0 Å². The summed E-state index contributed by atoms with van der Waals surface area (Å²) < 4.78 is 122. The third kappa shape index (κ3) is 6.32. The van der Waals surface area contributed by atoms with Gasteiger partial charge in [0, 0.05) is 13.1 Å². The number of aromatic nitrogens is 4. The molecule has 2 aromatic carbocycles. The summed E-state index contributed by atoms with van der Waals surface area (Å²) in [5.41, 5.74) is -5.20. The van der Waals surface area contributed by atoms with Gasteiger partial charge in [-0.1, -0.05) is 11.2 Å². The molecule has 1 atom stereocenters. The highest BCUT2D eigenvalue weighted by Crippen LogP contribution is 2.44. The predicted molar refractivity (Wildman–Crippen MR) is 125 cm³/mol. The predicted octanol–water partition coefficient (Wildman–Crippen LogP) is 6.60. The van der Waals surface area contributed by atoms with Crippen LogP contribution in [-0.2, 0) is 32.1 Å². The molecule has 0 radical (unpaired) electrons. The van der Waals surface area contributed by atoms with Gasteiger partial charge in [-0.25, -0.2) is 4.79 Å². The maximum Gasteiger partial charge on any atom is 0.416 e. The van der Waals surface area contributed by atoms with Gasteiger partial charge in [-0.3, -0.25) is 4.90 Å². The molecule has 2 heterocycles. The molecular formula is C24H21F9N6O2. The molecule has 0 saturated heterocycles. The lowest BCUT2D eigenvalue weighted by molar-refractivity contribution is -0.143. The SMILES string of the molecule is Cc1cc2c(cc1C(F)(F)F)N(C(=O)O)CCC[C@@H]2N(Cc1cc(C(F)(F)F)cc(C(F)(F)F)c1)c1nnn(C)n1. The number of hydrogen-bond acceptors (Lipinski definition) is 5. The Morgan fingerprint density at radius 2 is 1.59 bits per heavy atom. The van der Waals surface area contributed by atoms with Crippen LogP contribution in [0.3, 0.4) is 0 Å². The minimum absolute atomic E-state index is 0.0257. The van der Waals surface area contributed by atoms with E-state index in [1.54, 1.807) is 0 Å². The van der Waals surface area contributed by atoms with Crippen LogP contribution in [0.15, 0.2) is 30.3 Å². The van der Waals surface area contributed by atoms with E-state index in [1.807, 2.05) is 0 Å². The molecule has 3 aromatic rings. The Hall–Kier alpha value is -4.05. The van der Waals surface area contributed by atoms with E-state index in [4.69, 9.17) is 0 Å². The average Bonchev–Trinajstić information content (AvgIpc) is 3.18.